The van der Waals surface area contributed by atoms with Gasteiger partial charge < -0.3 is 20.9 Å². The van der Waals surface area contributed by atoms with Gasteiger partial charge in [-0.2, -0.15) is 0 Å². The highest BCUT2D eigenvalue weighted by Crippen LogP contribution is 2.40. The average Bonchev–Trinajstić information content (AvgIpc) is 3.18. The number of nitrogens with zero attached hydrogens (tertiary/aromatic N) is 1. The molecule has 174 valence electrons. The molecule has 1 saturated carbocycles. The van der Waals surface area contributed by atoms with Crippen LogP contribution >= 0.6 is 11.6 Å². The van der Waals surface area contributed by atoms with Crippen LogP contribution in [0.3, 0.4) is 0 Å². The van der Waals surface area contributed by atoms with E-state index in [0.717, 1.165) is 41.3 Å². The number of amides is 1. The molecule has 2 aliphatic rings. The fourth-order valence-corrected chi connectivity index (χ4v) is 6.11. The lowest BCUT2D eigenvalue weighted by molar-refractivity contribution is 0.100. The molecule has 2 aliphatic carbocycles. The van der Waals surface area contributed by atoms with Crippen molar-refractivity contribution in [3.8, 4) is 11.1 Å². The first-order chi connectivity index (χ1) is 15.9. The molecule has 1 fully saturated rings. The molecule has 1 aromatic heterocycles. The minimum absolute atomic E-state index is 0.406. The Morgan fingerprint density at radius 3 is 2.48 bits per heavy atom. The van der Waals surface area contributed by atoms with Gasteiger partial charge in [0, 0.05) is 39.8 Å². The first-order valence-electron chi connectivity index (χ1n) is 12.1. The number of fused-ring (bicyclic) bond motifs is 3. The summed E-state index contributed by atoms with van der Waals surface area (Å²) >= 11 is 6.59. The van der Waals surface area contributed by atoms with Gasteiger partial charge in [0.15, 0.2) is 0 Å². The monoisotopic (exact) mass is 464 g/mol. The number of nitrogens with one attached hydrogen (secondary N) is 2. The molecule has 4 N–H and O–H groups in total. The van der Waals surface area contributed by atoms with Crippen molar-refractivity contribution in [1.29, 1.82) is 0 Å². The number of hydrogen-bond donors (Lipinski definition) is 3. The Hall–Kier alpha value is -2.34. The molecular formula is C27H33ClN4O. The Bertz CT molecular complexity index is 1180. The van der Waals surface area contributed by atoms with E-state index in [1.807, 2.05) is 36.4 Å². The normalized spacial score (nSPS) is 23.1. The largest absolute Gasteiger partial charge is 0.366 e. The van der Waals surface area contributed by atoms with Crippen LogP contribution in [0.15, 0.2) is 36.4 Å². The Balaban J connectivity index is 1.48. The van der Waals surface area contributed by atoms with Crippen molar-refractivity contribution >= 4 is 28.4 Å². The van der Waals surface area contributed by atoms with E-state index in [1.165, 1.54) is 36.9 Å². The number of aromatic nitrogens is 1. The van der Waals surface area contributed by atoms with Gasteiger partial charge in [-0.3, -0.25) is 4.79 Å². The summed E-state index contributed by atoms with van der Waals surface area (Å²) in [6, 6.07) is 13.5. The summed E-state index contributed by atoms with van der Waals surface area (Å²) in [5, 5.41) is 5.78. The highest BCUT2D eigenvalue weighted by Gasteiger charge is 2.29. The van der Waals surface area contributed by atoms with Crippen molar-refractivity contribution in [2.24, 2.45) is 5.73 Å². The number of benzene rings is 2. The lowest BCUT2D eigenvalue weighted by Gasteiger charge is -2.36. The van der Waals surface area contributed by atoms with Crippen LogP contribution in [0.1, 0.15) is 53.7 Å². The lowest BCUT2D eigenvalue weighted by Crippen LogP contribution is -2.45. The first-order valence-corrected chi connectivity index (χ1v) is 12.4. The number of aryl methyl sites for hydroxylation is 1. The zero-order valence-electron chi connectivity index (χ0n) is 19.5. The molecule has 5 rings (SSSR count). The summed E-state index contributed by atoms with van der Waals surface area (Å²) in [5.74, 6) is -0.406. The third kappa shape index (κ3) is 4.30. The molecule has 6 heteroatoms. The predicted molar refractivity (Wildman–Crippen MR) is 136 cm³/mol. The molecule has 1 unspecified atom stereocenters. The Labute approximate surface area is 200 Å². The summed E-state index contributed by atoms with van der Waals surface area (Å²) < 4.78 is 0. The van der Waals surface area contributed by atoms with Crippen LogP contribution in [0.2, 0.25) is 5.02 Å². The Morgan fingerprint density at radius 2 is 1.79 bits per heavy atom. The summed E-state index contributed by atoms with van der Waals surface area (Å²) in [5.41, 5.74) is 11.7. The van der Waals surface area contributed by atoms with Crippen LogP contribution in [0, 0.1) is 0 Å². The average molecular weight is 465 g/mol. The Morgan fingerprint density at radius 1 is 1.03 bits per heavy atom. The fraction of sp³-hybridized carbons (Fsp3) is 0.444. The van der Waals surface area contributed by atoms with Crippen LogP contribution in [0.25, 0.3) is 22.0 Å². The number of hydrogen-bond acceptors (Lipinski definition) is 3. The molecule has 1 amide bonds. The zero-order chi connectivity index (χ0) is 23.1. The van der Waals surface area contributed by atoms with Crippen molar-refractivity contribution < 1.29 is 4.79 Å². The molecule has 0 spiro atoms. The minimum atomic E-state index is -0.406. The summed E-state index contributed by atoms with van der Waals surface area (Å²) in [7, 11) is 4.38. The summed E-state index contributed by atoms with van der Waals surface area (Å²) in [6.07, 6.45) is 7.99. The van der Waals surface area contributed by atoms with E-state index < -0.39 is 5.91 Å². The molecule has 0 radical (unpaired) electrons. The molecule has 2 aromatic carbocycles. The van der Waals surface area contributed by atoms with Gasteiger partial charge in [-0.25, -0.2) is 0 Å². The Kier molecular flexibility index (Phi) is 6.21. The first kappa shape index (κ1) is 22.5. The highest BCUT2D eigenvalue weighted by atomic mass is 35.5. The van der Waals surface area contributed by atoms with Crippen LogP contribution in [0.5, 0.6) is 0 Å². The fourth-order valence-electron chi connectivity index (χ4n) is 5.87. The molecule has 33 heavy (non-hydrogen) atoms. The molecule has 0 aliphatic heterocycles. The van der Waals surface area contributed by atoms with Gasteiger partial charge in [0.25, 0.3) is 5.91 Å². The van der Waals surface area contributed by atoms with Crippen molar-refractivity contribution in [2.75, 3.05) is 14.1 Å². The number of aromatic amines is 1. The molecule has 0 saturated heterocycles. The standard InChI is InChI=1S/C27H33ClN4O/c1-32(2)18-10-7-16(8-11-18)30-17-9-14-24-22(15-17)25-20(19-5-3-4-6-23(19)28)12-13-21(27(29)33)26(25)31-24/h3-6,12-13,16-18,30-31H,7-11,14-15H2,1-2H3,(H2,29,33). The van der Waals surface area contributed by atoms with Gasteiger partial charge >= 0.3 is 0 Å². The number of primary amides is 1. The number of halogens is 1. The molecule has 1 heterocycles. The van der Waals surface area contributed by atoms with Crippen molar-refractivity contribution in [1.82, 2.24) is 15.2 Å². The van der Waals surface area contributed by atoms with Gasteiger partial charge in [-0.05, 0) is 82.3 Å². The van der Waals surface area contributed by atoms with E-state index in [9.17, 15) is 4.79 Å². The maximum atomic E-state index is 12.2. The highest BCUT2D eigenvalue weighted by molar-refractivity contribution is 6.33. The number of carbonyl (C=O) groups is 1. The van der Waals surface area contributed by atoms with E-state index in [0.29, 0.717) is 28.7 Å². The van der Waals surface area contributed by atoms with Crippen LogP contribution in [0.4, 0.5) is 0 Å². The molecule has 3 aromatic rings. The minimum Gasteiger partial charge on any atom is -0.366 e. The topological polar surface area (TPSA) is 74.2 Å². The second-order valence-electron chi connectivity index (χ2n) is 9.91. The maximum absolute atomic E-state index is 12.2. The molecule has 1 atom stereocenters. The van der Waals surface area contributed by atoms with Gasteiger partial charge in [-0.15, -0.1) is 0 Å². The molecule has 0 bridgehead atoms. The van der Waals surface area contributed by atoms with Gasteiger partial charge in [-0.1, -0.05) is 35.9 Å². The van der Waals surface area contributed by atoms with Gasteiger partial charge in [0.05, 0.1) is 11.1 Å². The van der Waals surface area contributed by atoms with Crippen molar-refractivity contribution in [2.45, 2.75) is 63.1 Å². The molecule has 5 nitrogen and oxygen atoms in total. The van der Waals surface area contributed by atoms with E-state index in [4.69, 9.17) is 17.3 Å². The summed E-state index contributed by atoms with van der Waals surface area (Å²) in [6.45, 7) is 0. The lowest BCUT2D eigenvalue weighted by atomic mass is 9.86. The van der Waals surface area contributed by atoms with E-state index >= 15 is 0 Å². The number of H-pyrrole nitrogens is 1. The maximum Gasteiger partial charge on any atom is 0.250 e. The third-order valence-electron chi connectivity index (χ3n) is 7.67. The second-order valence-corrected chi connectivity index (χ2v) is 10.3. The van der Waals surface area contributed by atoms with Crippen LogP contribution < -0.4 is 11.1 Å². The number of rotatable bonds is 5. The quantitative estimate of drug-likeness (QED) is 0.502. The summed E-state index contributed by atoms with van der Waals surface area (Å²) in [4.78, 5) is 18.1. The number of nitrogens with two attached hydrogens (primary N) is 1. The van der Waals surface area contributed by atoms with Crippen molar-refractivity contribution in [3.63, 3.8) is 0 Å². The predicted octanol–water partition coefficient (Wildman–Crippen LogP) is 4.91. The zero-order valence-corrected chi connectivity index (χ0v) is 20.2. The third-order valence-corrected chi connectivity index (χ3v) is 8.00. The van der Waals surface area contributed by atoms with Crippen molar-refractivity contribution in [3.05, 3.63) is 58.2 Å². The van der Waals surface area contributed by atoms with Gasteiger partial charge in [0.1, 0.15) is 0 Å². The van der Waals surface area contributed by atoms with Crippen LogP contribution in [-0.4, -0.2) is 48.0 Å². The second kappa shape index (κ2) is 9.13. The molecular weight excluding hydrogens is 432 g/mol. The van der Waals surface area contributed by atoms with E-state index in [-0.39, 0.29) is 0 Å². The van der Waals surface area contributed by atoms with Gasteiger partial charge in [0.2, 0.25) is 0 Å². The SMILES string of the molecule is CN(C)C1CCC(NC2CCc3[nH]c4c(C(N)=O)ccc(-c5ccccc5Cl)c4c3C2)CC1. The smallest absolute Gasteiger partial charge is 0.250 e. The van der Waals surface area contributed by atoms with Crippen LogP contribution in [-0.2, 0) is 12.8 Å². The number of carbonyl (C=O) groups excluding carboxylic acids is 1. The van der Waals surface area contributed by atoms with E-state index in [1.54, 1.807) is 0 Å². The van der Waals surface area contributed by atoms with E-state index in [2.05, 4.69) is 29.3 Å².